The van der Waals surface area contributed by atoms with Crippen LogP contribution in [0.3, 0.4) is 0 Å². The van der Waals surface area contributed by atoms with E-state index < -0.39 is 0 Å². The summed E-state index contributed by atoms with van der Waals surface area (Å²) in [6.45, 7) is 4.34. The zero-order valence-corrected chi connectivity index (χ0v) is 10.7. The van der Waals surface area contributed by atoms with Crippen LogP contribution in [0, 0.1) is 0 Å². The van der Waals surface area contributed by atoms with E-state index in [0.29, 0.717) is 17.8 Å². The third kappa shape index (κ3) is 2.61. The first kappa shape index (κ1) is 12.4. The van der Waals surface area contributed by atoms with E-state index in [1.54, 1.807) is 6.07 Å². The highest BCUT2D eigenvalue weighted by molar-refractivity contribution is 5.34. The first-order valence-corrected chi connectivity index (χ1v) is 6.44. The number of phenols is 1. The monoisotopic (exact) mass is 234 g/mol. The van der Waals surface area contributed by atoms with Crippen LogP contribution in [0.15, 0.2) is 24.3 Å². The van der Waals surface area contributed by atoms with Crippen molar-refractivity contribution in [3.05, 3.63) is 29.8 Å². The molecule has 1 aromatic carbocycles. The summed E-state index contributed by atoms with van der Waals surface area (Å²) in [6, 6.07) is 8.57. The van der Waals surface area contributed by atoms with Gasteiger partial charge in [-0.15, -0.1) is 0 Å². The van der Waals surface area contributed by atoms with Crippen molar-refractivity contribution in [2.45, 2.75) is 31.8 Å². The number of likely N-dealkylation sites (N-methyl/N-ethyl adjacent to an activating group) is 1. The van der Waals surface area contributed by atoms with Crippen LogP contribution in [0.1, 0.15) is 31.4 Å². The Labute approximate surface area is 103 Å². The summed E-state index contributed by atoms with van der Waals surface area (Å²) < 4.78 is 0. The Hall–Kier alpha value is -1.06. The fraction of sp³-hybridized carbons (Fsp3) is 0.571. The Morgan fingerprint density at radius 2 is 2.24 bits per heavy atom. The van der Waals surface area contributed by atoms with Crippen LogP contribution >= 0.6 is 0 Å². The molecule has 1 aliphatic rings. The van der Waals surface area contributed by atoms with Crippen LogP contribution in [0.4, 0.5) is 0 Å². The van der Waals surface area contributed by atoms with E-state index in [1.807, 2.05) is 18.2 Å². The van der Waals surface area contributed by atoms with Crippen molar-refractivity contribution < 1.29 is 5.11 Å². The molecule has 0 saturated carbocycles. The van der Waals surface area contributed by atoms with E-state index in [9.17, 15) is 5.11 Å². The smallest absolute Gasteiger partial charge is 0.120 e. The number of para-hydroxylation sites is 1. The lowest BCUT2D eigenvalue weighted by atomic mass is 10.00. The molecular formula is C14H22N2O. The summed E-state index contributed by atoms with van der Waals surface area (Å²) >= 11 is 0. The molecule has 2 rings (SSSR count). The molecule has 0 spiro atoms. The molecule has 1 aromatic rings. The second-order valence-corrected chi connectivity index (χ2v) is 4.79. The Morgan fingerprint density at radius 3 is 2.82 bits per heavy atom. The van der Waals surface area contributed by atoms with Gasteiger partial charge in [-0.3, -0.25) is 4.90 Å². The maximum Gasteiger partial charge on any atom is 0.120 e. The number of aromatic hydroxyl groups is 1. The molecule has 0 aliphatic carbocycles. The van der Waals surface area contributed by atoms with E-state index >= 15 is 0 Å². The molecule has 1 aliphatic heterocycles. The molecule has 1 saturated heterocycles. The molecule has 3 heteroatoms. The largest absolute Gasteiger partial charge is 0.508 e. The Kier molecular flexibility index (Phi) is 4.02. The van der Waals surface area contributed by atoms with Crippen LogP contribution in [0.25, 0.3) is 0 Å². The third-order valence-electron chi connectivity index (χ3n) is 3.78. The topological polar surface area (TPSA) is 35.5 Å². The van der Waals surface area contributed by atoms with Crippen molar-refractivity contribution in [1.82, 2.24) is 10.2 Å². The summed E-state index contributed by atoms with van der Waals surface area (Å²) in [4.78, 5) is 2.40. The van der Waals surface area contributed by atoms with Gasteiger partial charge in [0.15, 0.2) is 0 Å². The molecule has 2 N–H and O–H groups in total. The number of nitrogens with zero attached hydrogens (tertiary/aromatic N) is 1. The molecule has 17 heavy (non-hydrogen) atoms. The second-order valence-electron chi connectivity index (χ2n) is 4.79. The van der Waals surface area contributed by atoms with Crippen molar-refractivity contribution in [3.63, 3.8) is 0 Å². The molecule has 94 valence electrons. The second kappa shape index (κ2) is 5.52. The normalized spacial score (nSPS) is 21.9. The number of phenolic OH excluding ortho intramolecular Hbond substituents is 1. The van der Waals surface area contributed by atoms with Crippen LogP contribution in [0.2, 0.25) is 0 Å². The van der Waals surface area contributed by atoms with E-state index in [4.69, 9.17) is 0 Å². The molecule has 0 amide bonds. The standard InChI is InChI=1S/C14H22N2O/c1-3-13(12-6-4-5-7-14(12)17)16(2)11-8-9-15-10-11/h4-7,11,13,15,17H,3,8-10H2,1-2H3. The lowest BCUT2D eigenvalue weighted by Crippen LogP contribution is -2.36. The van der Waals surface area contributed by atoms with Gasteiger partial charge in [0.05, 0.1) is 0 Å². The van der Waals surface area contributed by atoms with E-state index in [0.717, 1.165) is 25.1 Å². The van der Waals surface area contributed by atoms with Gasteiger partial charge in [0.2, 0.25) is 0 Å². The SMILES string of the molecule is CCC(c1ccccc1O)N(C)C1CCNC1. The Morgan fingerprint density at radius 1 is 1.47 bits per heavy atom. The highest BCUT2D eigenvalue weighted by Gasteiger charge is 2.26. The quantitative estimate of drug-likeness (QED) is 0.838. The maximum atomic E-state index is 9.96. The molecule has 0 bridgehead atoms. The number of hydrogen-bond acceptors (Lipinski definition) is 3. The average molecular weight is 234 g/mol. The van der Waals surface area contributed by atoms with Crippen molar-refractivity contribution in [2.75, 3.05) is 20.1 Å². The lowest BCUT2D eigenvalue weighted by molar-refractivity contribution is 0.176. The van der Waals surface area contributed by atoms with Gasteiger partial charge in [-0.05, 0) is 32.5 Å². The molecule has 2 unspecified atom stereocenters. The fourth-order valence-electron chi connectivity index (χ4n) is 2.74. The summed E-state index contributed by atoms with van der Waals surface area (Å²) in [5, 5.41) is 13.4. The van der Waals surface area contributed by atoms with Crippen LogP contribution < -0.4 is 5.32 Å². The highest BCUT2D eigenvalue weighted by atomic mass is 16.3. The minimum atomic E-state index is 0.307. The zero-order valence-electron chi connectivity index (χ0n) is 10.7. The van der Waals surface area contributed by atoms with Gasteiger partial charge in [0.25, 0.3) is 0 Å². The zero-order chi connectivity index (χ0) is 12.3. The molecule has 2 atom stereocenters. The van der Waals surface area contributed by atoms with Crippen molar-refractivity contribution in [1.29, 1.82) is 0 Å². The predicted octanol–water partition coefficient (Wildman–Crippen LogP) is 2.14. The third-order valence-corrected chi connectivity index (χ3v) is 3.78. The van der Waals surface area contributed by atoms with Gasteiger partial charge in [-0.25, -0.2) is 0 Å². The molecular weight excluding hydrogens is 212 g/mol. The molecule has 0 radical (unpaired) electrons. The van der Waals surface area contributed by atoms with E-state index in [-0.39, 0.29) is 0 Å². The number of hydrogen-bond donors (Lipinski definition) is 2. The predicted molar refractivity (Wildman–Crippen MR) is 70.2 cm³/mol. The fourth-order valence-corrected chi connectivity index (χ4v) is 2.74. The van der Waals surface area contributed by atoms with Gasteiger partial charge in [0.1, 0.15) is 5.75 Å². The van der Waals surface area contributed by atoms with Crippen molar-refractivity contribution in [3.8, 4) is 5.75 Å². The van der Waals surface area contributed by atoms with Crippen molar-refractivity contribution >= 4 is 0 Å². The van der Waals surface area contributed by atoms with Gasteiger partial charge in [0, 0.05) is 24.2 Å². The average Bonchev–Trinajstić information content (AvgIpc) is 2.86. The maximum absolute atomic E-state index is 9.96. The van der Waals surface area contributed by atoms with E-state index in [2.05, 4.69) is 24.2 Å². The highest BCUT2D eigenvalue weighted by Crippen LogP contribution is 2.31. The summed E-state index contributed by atoms with van der Waals surface area (Å²) in [5.41, 5.74) is 1.05. The van der Waals surface area contributed by atoms with Gasteiger partial charge in [-0.2, -0.15) is 0 Å². The summed E-state index contributed by atoms with van der Waals surface area (Å²) in [7, 11) is 2.16. The summed E-state index contributed by atoms with van der Waals surface area (Å²) in [5.74, 6) is 0.414. The van der Waals surface area contributed by atoms with Gasteiger partial charge < -0.3 is 10.4 Å². The Balaban J connectivity index is 2.18. The van der Waals surface area contributed by atoms with Crippen molar-refractivity contribution in [2.24, 2.45) is 0 Å². The molecule has 1 fully saturated rings. The number of benzene rings is 1. The first-order chi connectivity index (χ1) is 8.24. The lowest BCUT2D eigenvalue weighted by Gasteiger charge is -2.32. The minimum Gasteiger partial charge on any atom is -0.508 e. The minimum absolute atomic E-state index is 0.307. The Bertz CT molecular complexity index is 361. The molecule has 3 nitrogen and oxygen atoms in total. The van der Waals surface area contributed by atoms with Gasteiger partial charge >= 0.3 is 0 Å². The molecule has 1 heterocycles. The number of nitrogens with one attached hydrogen (secondary N) is 1. The van der Waals surface area contributed by atoms with Crippen LogP contribution in [0.5, 0.6) is 5.75 Å². The first-order valence-electron chi connectivity index (χ1n) is 6.44. The van der Waals surface area contributed by atoms with Crippen LogP contribution in [-0.4, -0.2) is 36.2 Å². The number of rotatable bonds is 4. The molecule has 0 aromatic heterocycles. The summed E-state index contributed by atoms with van der Waals surface area (Å²) in [6.07, 6.45) is 2.21. The van der Waals surface area contributed by atoms with Crippen LogP contribution in [-0.2, 0) is 0 Å². The van der Waals surface area contributed by atoms with E-state index in [1.165, 1.54) is 6.42 Å². The van der Waals surface area contributed by atoms with Gasteiger partial charge in [-0.1, -0.05) is 25.1 Å².